The normalized spacial score (nSPS) is 11.0. The first-order valence-corrected chi connectivity index (χ1v) is 9.18. The summed E-state index contributed by atoms with van der Waals surface area (Å²) in [6.07, 6.45) is 2.46. The SMILES string of the molecule is Cc1cc(C)cc(Cc2ccc(/C=C(\C#N)C(=O)Nc3ccccc3)cc2)c1. The Morgan fingerprint density at radius 2 is 1.57 bits per heavy atom. The molecule has 138 valence electrons. The molecule has 0 heterocycles. The van der Waals surface area contributed by atoms with Gasteiger partial charge in [0.25, 0.3) is 5.91 Å². The third-order valence-corrected chi connectivity index (χ3v) is 4.38. The van der Waals surface area contributed by atoms with E-state index in [0.717, 1.165) is 12.0 Å². The first kappa shape index (κ1) is 19.1. The molecule has 0 aliphatic rings. The lowest BCUT2D eigenvalue weighted by molar-refractivity contribution is -0.112. The number of nitrogens with one attached hydrogen (secondary N) is 1. The minimum Gasteiger partial charge on any atom is -0.321 e. The fraction of sp³-hybridized carbons (Fsp3) is 0.120. The van der Waals surface area contributed by atoms with Gasteiger partial charge in [-0.2, -0.15) is 5.26 Å². The molecule has 3 aromatic carbocycles. The highest BCUT2D eigenvalue weighted by Crippen LogP contribution is 2.16. The number of benzene rings is 3. The Labute approximate surface area is 166 Å². The van der Waals surface area contributed by atoms with Crippen molar-refractivity contribution in [2.75, 3.05) is 5.32 Å². The van der Waals surface area contributed by atoms with Gasteiger partial charge in [-0.25, -0.2) is 0 Å². The Balaban J connectivity index is 1.72. The number of rotatable bonds is 5. The number of nitrogens with zero attached hydrogens (tertiary/aromatic N) is 1. The second kappa shape index (κ2) is 8.83. The van der Waals surface area contributed by atoms with Crippen LogP contribution in [0.25, 0.3) is 6.08 Å². The maximum atomic E-state index is 12.3. The molecular formula is C25H22N2O. The van der Waals surface area contributed by atoms with Gasteiger partial charge in [-0.15, -0.1) is 0 Å². The van der Waals surface area contributed by atoms with Gasteiger partial charge in [0, 0.05) is 5.69 Å². The Morgan fingerprint density at radius 1 is 0.929 bits per heavy atom. The molecule has 0 saturated heterocycles. The smallest absolute Gasteiger partial charge is 0.266 e. The molecule has 0 atom stereocenters. The average molecular weight is 366 g/mol. The van der Waals surface area contributed by atoms with Crippen LogP contribution in [-0.4, -0.2) is 5.91 Å². The van der Waals surface area contributed by atoms with Crippen molar-refractivity contribution in [2.45, 2.75) is 20.3 Å². The van der Waals surface area contributed by atoms with E-state index in [1.807, 2.05) is 48.5 Å². The van der Waals surface area contributed by atoms with Crippen LogP contribution in [0.4, 0.5) is 5.69 Å². The molecule has 0 aliphatic heterocycles. The highest BCUT2D eigenvalue weighted by atomic mass is 16.1. The molecular weight excluding hydrogens is 344 g/mol. The summed E-state index contributed by atoms with van der Waals surface area (Å²) in [4.78, 5) is 12.3. The van der Waals surface area contributed by atoms with E-state index >= 15 is 0 Å². The standard InChI is InChI=1S/C25H22N2O/c1-18-12-19(2)14-22(13-18)15-20-8-10-21(11-9-20)16-23(17-26)25(28)27-24-6-4-3-5-7-24/h3-14,16H,15H2,1-2H3,(H,27,28)/b23-16+. The summed E-state index contributed by atoms with van der Waals surface area (Å²) in [5, 5.41) is 12.1. The molecule has 0 aliphatic carbocycles. The lowest BCUT2D eigenvalue weighted by atomic mass is 9.99. The summed E-state index contributed by atoms with van der Waals surface area (Å²) < 4.78 is 0. The van der Waals surface area contributed by atoms with Crippen LogP contribution >= 0.6 is 0 Å². The summed E-state index contributed by atoms with van der Waals surface area (Å²) in [7, 11) is 0. The zero-order chi connectivity index (χ0) is 19.9. The number of para-hydroxylation sites is 1. The largest absolute Gasteiger partial charge is 0.321 e. The van der Waals surface area contributed by atoms with Crippen LogP contribution in [0, 0.1) is 25.2 Å². The van der Waals surface area contributed by atoms with E-state index in [2.05, 4.69) is 37.4 Å². The maximum Gasteiger partial charge on any atom is 0.266 e. The molecule has 1 N–H and O–H groups in total. The van der Waals surface area contributed by atoms with Crippen LogP contribution in [0.1, 0.15) is 27.8 Å². The van der Waals surface area contributed by atoms with Gasteiger partial charge in [0.15, 0.2) is 0 Å². The summed E-state index contributed by atoms with van der Waals surface area (Å²) in [5.41, 5.74) is 6.55. The van der Waals surface area contributed by atoms with E-state index in [9.17, 15) is 10.1 Å². The molecule has 28 heavy (non-hydrogen) atoms. The number of nitriles is 1. The summed E-state index contributed by atoms with van der Waals surface area (Å²) in [6.45, 7) is 4.21. The third-order valence-electron chi connectivity index (χ3n) is 4.38. The molecule has 1 amide bonds. The molecule has 0 radical (unpaired) electrons. The minimum atomic E-state index is -0.409. The monoisotopic (exact) mass is 366 g/mol. The predicted octanol–water partition coefficient (Wildman–Crippen LogP) is 5.44. The summed E-state index contributed by atoms with van der Waals surface area (Å²) >= 11 is 0. The van der Waals surface area contributed by atoms with Crippen LogP contribution in [0.3, 0.4) is 0 Å². The molecule has 0 fully saturated rings. The fourth-order valence-electron chi connectivity index (χ4n) is 3.17. The average Bonchev–Trinajstić information content (AvgIpc) is 2.67. The Kier molecular flexibility index (Phi) is 6.04. The van der Waals surface area contributed by atoms with Crippen molar-refractivity contribution in [3.8, 4) is 6.07 Å². The number of carbonyl (C=O) groups is 1. The summed E-state index contributed by atoms with van der Waals surface area (Å²) in [6, 6.07) is 25.6. The van der Waals surface area contributed by atoms with E-state index in [-0.39, 0.29) is 5.57 Å². The van der Waals surface area contributed by atoms with Gasteiger partial charge < -0.3 is 5.32 Å². The summed E-state index contributed by atoms with van der Waals surface area (Å²) in [5.74, 6) is -0.409. The van der Waals surface area contributed by atoms with Gasteiger partial charge in [0.05, 0.1) is 0 Å². The van der Waals surface area contributed by atoms with Gasteiger partial charge in [0.1, 0.15) is 11.6 Å². The zero-order valence-corrected chi connectivity index (χ0v) is 16.1. The zero-order valence-electron chi connectivity index (χ0n) is 16.1. The molecule has 0 unspecified atom stereocenters. The number of hydrogen-bond acceptors (Lipinski definition) is 2. The lowest BCUT2D eigenvalue weighted by Gasteiger charge is -2.06. The van der Waals surface area contributed by atoms with Crippen LogP contribution in [0.5, 0.6) is 0 Å². The fourth-order valence-corrected chi connectivity index (χ4v) is 3.17. The van der Waals surface area contributed by atoms with Crippen LogP contribution in [-0.2, 0) is 11.2 Å². The number of hydrogen-bond donors (Lipinski definition) is 1. The van der Waals surface area contributed by atoms with E-state index in [1.165, 1.54) is 22.3 Å². The Hall–Kier alpha value is -3.64. The van der Waals surface area contributed by atoms with E-state index < -0.39 is 5.91 Å². The van der Waals surface area contributed by atoms with Crippen LogP contribution < -0.4 is 5.32 Å². The van der Waals surface area contributed by atoms with Crippen molar-refractivity contribution in [3.05, 3.63) is 106 Å². The number of aryl methyl sites for hydroxylation is 2. The highest BCUT2D eigenvalue weighted by molar-refractivity contribution is 6.09. The molecule has 0 aromatic heterocycles. The van der Waals surface area contributed by atoms with Crippen molar-refractivity contribution < 1.29 is 4.79 Å². The van der Waals surface area contributed by atoms with Crippen molar-refractivity contribution in [3.63, 3.8) is 0 Å². The Morgan fingerprint density at radius 3 is 2.18 bits per heavy atom. The molecule has 3 heteroatoms. The first-order valence-electron chi connectivity index (χ1n) is 9.18. The second-order valence-corrected chi connectivity index (χ2v) is 6.90. The van der Waals surface area contributed by atoms with Gasteiger partial charge >= 0.3 is 0 Å². The first-order chi connectivity index (χ1) is 13.5. The Bertz CT molecular complexity index is 1020. The highest BCUT2D eigenvalue weighted by Gasteiger charge is 2.09. The molecule has 3 nitrogen and oxygen atoms in total. The molecule has 0 bridgehead atoms. The topological polar surface area (TPSA) is 52.9 Å². The minimum absolute atomic E-state index is 0.0749. The lowest BCUT2D eigenvalue weighted by Crippen LogP contribution is -2.13. The van der Waals surface area contributed by atoms with Gasteiger partial charge in [-0.3, -0.25) is 4.79 Å². The van der Waals surface area contributed by atoms with Crippen molar-refractivity contribution >= 4 is 17.7 Å². The van der Waals surface area contributed by atoms with Gasteiger partial charge in [-0.05, 0) is 55.2 Å². The van der Waals surface area contributed by atoms with Crippen molar-refractivity contribution in [1.82, 2.24) is 0 Å². The molecule has 3 rings (SSSR count). The maximum absolute atomic E-state index is 12.3. The van der Waals surface area contributed by atoms with Crippen molar-refractivity contribution in [2.24, 2.45) is 0 Å². The third kappa shape index (κ3) is 5.18. The van der Waals surface area contributed by atoms with Crippen molar-refractivity contribution in [1.29, 1.82) is 5.26 Å². The van der Waals surface area contributed by atoms with Crippen LogP contribution in [0.15, 0.2) is 78.4 Å². The van der Waals surface area contributed by atoms with E-state index in [0.29, 0.717) is 5.69 Å². The number of carbonyl (C=O) groups excluding carboxylic acids is 1. The van der Waals surface area contributed by atoms with E-state index in [4.69, 9.17) is 0 Å². The predicted molar refractivity (Wildman–Crippen MR) is 114 cm³/mol. The van der Waals surface area contributed by atoms with Gasteiger partial charge in [0.2, 0.25) is 0 Å². The number of anilines is 1. The van der Waals surface area contributed by atoms with Gasteiger partial charge in [-0.1, -0.05) is 71.8 Å². The van der Waals surface area contributed by atoms with Crippen LogP contribution in [0.2, 0.25) is 0 Å². The molecule has 0 saturated carbocycles. The molecule has 0 spiro atoms. The quantitative estimate of drug-likeness (QED) is 0.483. The molecule has 3 aromatic rings. The second-order valence-electron chi connectivity index (χ2n) is 6.90. The van der Waals surface area contributed by atoms with E-state index in [1.54, 1.807) is 18.2 Å². The number of amides is 1.